The Kier molecular flexibility index (Phi) is 2.13. The van der Waals surface area contributed by atoms with Crippen LogP contribution in [0.25, 0.3) is 0 Å². The topological polar surface area (TPSA) is 12.9 Å². The highest BCUT2D eigenvalue weighted by molar-refractivity contribution is 7.05. The zero-order valence-corrected chi connectivity index (χ0v) is 8.66. The van der Waals surface area contributed by atoms with Gasteiger partial charge in [-0.15, -0.1) is 11.6 Å². The molecule has 66 valence electrons. The summed E-state index contributed by atoms with van der Waals surface area (Å²) in [5.41, 5.74) is 0.411. The number of alkyl halides is 1. The van der Waals surface area contributed by atoms with Gasteiger partial charge in [0.2, 0.25) is 0 Å². The maximum atomic E-state index is 5.95. The highest BCUT2D eigenvalue weighted by atomic mass is 35.5. The zero-order chi connectivity index (χ0) is 8.60. The van der Waals surface area contributed by atoms with Gasteiger partial charge in [-0.3, -0.25) is 0 Å². The van der Waals surface area contributed by atoms with Crippen molar-refractivity contribution in [3.8, 4) is 0 Å². The third kappa shape index (κ3) is 1.38. The number of rotatable bonds is 3. The van der Waals surface area contributed by atoms with E-state index in [-0.39, 0.29) is 0 Å². The molecule has 0 N–H and O–H groups in total. The summed E-state index contributed by atoms with van der Waals surface area (Å²) in [5.74, 6) is 1.60. The number of aromatic nitrogens is 1. The van der Waals surface area contributed by atoms with E-state index in [1.165, 1.54) is 11.3 Å². The normalized spacial score (nSPS) is 33.7. The summed E-state index contributed by atoms with van der Waals surface area (Å²) >= 11 is 7.55. The van der Waals surface area contributed by atoms with E-state index in [1.807, 2.05) is 6.20 Å². The molecule has 3 heteroatoms. The lowest BCUT2D eigenvalue weighted by Crippen LogP contribution is -2.08. The van der Waals surface area contributed by atoms with Crippen LogP contribution in [-0.4, -0.2) is 10.3 Å². The molecule has 0 spiro atoms. The smallest absolute Gasteiger partial charge is 0.0409 e. The average molecular weight is 202 g/mol. The summed E-state index contributed by atoms with van der Waals surface area (Å²) in [6, 6.07) is 2.10. The molecule has 0 bridgehead atoms. The van der Waals surface area contributed by atoms with Crippen molar-refractivity contribution in [2.24, 2.45) is 11.3 Å². The summed E-state index contributed by atoms with van der Waals surface area (Å²) in [7, 11) is 0. The quantitative estimate of drug-likeness (QED) is 0.686. The van der Waals surface area contributed by atoms with Gasteiger partial charge in [-0.05, 0) is 41.8 Å². The lowest BCUT2D eigenvalue weighted by atomic mass is 10.0. The summed E-state index contributed by atoms with van der Waals surface area (Å²) in [5, 5.41) is 0. The van der Waals surface area contributed by atoms with Gasteiger partial charge in [-0.25, -0.2) is 4.37 Å². The van der Waals surface area contributed by atoms with Gasteiger partial charge in [-0.2, -0.15) is 0 Å². The summed E-state index contributed by atoms with van der Waals surface area (Å²) in [6.07, 6.45) is 4.28. The molecule has 0 aliphatic heterocycles. The maximum absolute atomic E-state index is 5.95. The van der Waals surface area contributed by atoms with E-state index >= 15 is 0 Å². The van der Waals surface area contributed by atoms with Gasteiger partial charge in [0.05, 0.1) is 0 Å². The van der Waals surface area contributed by atoms with E-state index in [9.17, 15) is 0 Å². The van der Waals surface area contributed by atoms with Crippen LogP contribution in [0.4, 0.5) is 0 Å². The Morgan fingerprint density at radius 3 is 3.00 bits per heavy atom. The molecule has 2 atom stereocenters. The minimum atomic E-state index is 0.411. The van der Waals surface area contributed by atoms with Gasteiger partial charge in [-0.1, -0.05) is 6.92 Å². The van der Waals surface area contributed by atoms with Crippen molar-refractivity contribution in [2.75, 3.05) is 5.88 Å². The predicted molar refractivity (Wildman–Crippen MR) is 52.8 cm³/mol. The van der Waals surface area contributed by atoms with Crippen molar-refractivity contribution in [1.82, 2.24) is 4.37 Å². The first-order valence-corrected chi connectivity index (χ1v) is 5.53. The third-order valence-electron chi connectivity index (χ3n) is 2.88. The number of nitrogens with zero attached hydrogens (tertiary/aromatic N) is 1. The molecule has 1 aliphatic carbocycles. The minimum absolute atomic E-state index is 0.411. The standard InChI is InChI=1S/C9H12ClNS/c1-7-4-9(7,6-10)5-8-2-3-11-12-8/h2-3,7H,4-6H2,1H3. The van der Waals surface area contributed by atoms with E-state index in [0.717, 1.165) is 18.2 Å². The fraction of sp³-hybridized carbons (Fsp3) is 0.667. The van der Waals surface area contributed by atoms with Crippen molar-refractivity contribution in [2.45, 2.75) is 19.8 Å². The Morgan fingerprint density at radius 2 is 2.58 bits per heavy atom. The highest BCUT2D eigenvalue weighted by Gasteiger charge is 2.50. The van der Waals surface area contributed by atoms with Crippen LogP contribution in [0, 0.1) is 11.3 Å². The fourth-order valence-corrected chi connectivity index (χ4v) is 2.91. The minimum Gasteiger partial charge on any atom is -0.201 e. The lowest BCUT2D eigenvalue weighted by molar-refractivity contribution is 0.529. The Balaban J connectivity index is 2.04. The molecule has 0 saturated heterocycles. The van der Waals surface area contributed by atoms with Gasteiger partial charge in [0, 0.05) is 17.0 Å². The molecule has 1 aromatic heterocycles. The first-order valence-electron chi connectivity index (χ1n) is 4.22. The molecule has 2 rings (SSSR count). The Hall–Kier alpha value is -0.0800. The van der Waals surface area contributed by atoms with Gasteiger partial charge < -0.3 is 0 Å². The van der Waals surface area contributed by atoms with Crippen LogP contribution in [-0.2, 0) is 6.42 Å². The maximum Gasteiger partial charge on any atom is 0.0409 e. The monoisotopic (exact) mass is 201 g/mol. The average Bonchev–Trinajstić information content (AvgIpc) is 2.51. The second-order valence-corrected chi connectivity index (χ2v) is 4.94. The van der Waals surface area contributed by atoms with E-state index in [2.05, 4.69) is 17.4 Å². The molecule has 12 heavy (non-hydrogen) atoms. The van der Waals surface area contributed by atoms with E-state index in [1.54, 1.807) is 11.5 Å². The molecule has 0 radical (unpaired) electrons. The molecule has 0 aromatic carbocycles. The summed E-state index contributed by atoms with van der Waals surface area (Å²) in [4.78, 5) is 1.38. The molecule has 1 aromatic rings. The van der Waals surface area contributed by atoms with Crippen molar-refractivity contribution < 1.29 is 0 Å². The van der Waals surface area contributed by atoms with Crippen LogP contribution in [0.2, 0.25) is 0 Å². The predicted octanol–water partition coefficient (Wildman–Crippen LogP) is 2.95. The first-order chi connectivity index (χ1) is 5.77. The van der Waals surface area contributed by atoms with Crippen LogP contribution >= 0.6 is 23.1 Å². The second-order valence-electron chi connectivity index (χ2n) is 3.76. The summed E-state index contributed by atoms with van der Waals surface area (Å²) in [6.45, 7) is 2.28. The fourth-order valence-electron chi connectivity index (χ4n) is 1.71. The first kappa shape index (κ1) is 8.52. The number of hydrogen-bond donors (Lipinski definition) is 0. The molecule has 1 heterocycles. The van der Waals surface area contributed by atoms with Crippen molar-refractivity contribution >= 4 is 23.1 Å². The van der Waals surface area contributed by atoms with E-state index in [0.29, 0.717) is 5.41 Å². The molecule has 1 fully saturated rings. The molecule has 0 amide bonds. The van der Waals surface area contributed by atoms with E-state index in [4.69, 9.17) is 11.6 Å². The van der Waals surface area contributed by atoms with Gasteiger partial charge in [0.15, 0.2) is 0 Å². The molecular weight excluding hydrogens is 190 g/mol. The number of hydrogen-bond acceptors (Lipinski definition) is 2. The van der Waals surface area contributed by atoms with Gasteiger partial charge in [0.1, 0.15) is 0 Å². The van der Waals surface area contributed by atoms with Crippen LogP contribution in [0.1, 0.15) is 18.2 Å². The van der Waals surface area contributed by atoms with Crippen molar-refractivity contribution in [3.63, 3.8) is 0 Å². The van der Waals surface area contributed by atoms with Crippen molar-refractivity contribution in [1.29, 1.82) is 0 Å². The van der Waals surface area contributed by atoms with E-state index < -0.39 is 0 Å². The Bertz CT molecular complexity index is 256. The van der Waals surface area contributed by atoms with Gasteiger partial charge in [0.25, 0.3) is 0 Å². The molecule has 1 saturated carbocycles. The van der Waals surface area contributed by atoms with Gasteiger partial charge >= 0.3 is 0 Å². The van der Waals surface area contributed by atoms with Crippen LogP contribution in [0.5, 0.6) is 0 Å². The van der Waals surface area contributed by atoms with Crippen LogP contribution < -0.4 is 0 Å². The molecule has 2 unspecified atom stereocenters. The Morgan fingerprint density at radius 1 is 1.83 bits per heavy atom. The number of halogens is 1. The largest absolute Gasteiger partial charge is 0.201 e. The Labute approximate surface area is 81.9 Å². The lowest BCUT2D eigenvalue weighted by Gasteiger charge is -2.09. The summed E-state index contributed by atoms with van der Waals surface area (Å²) < 4.78 is 4.09. The zero-order valence-electron chi connectivity index (χ0n) is 7.09. The molecular formula is C9H12ClNS. The van der Waals surface area contributed by atoms with Crippen molar-refractivity contribution in [3.05, 3.63) is 17.1 Å². The SMILES string of the molecule is CC1CC1(CCl)Cc1ccns1. The third-order valence-corrected chi connectivity index (χ3v) is 4.16. The second kappa shape index (κ2) is 3.00. The molecule has 1 nitrogen and oxygen atoms in total. The van der Waals surface area contributed by atoms with Crippen LogP contribution in [0.15, 0.2) is 12.3 Å². The highest BCUT2D eigenvalue weighted by Crippen LogP contribution is 2.55. The van der Waals surface area contributed by atoms with Crippen LogP contribution in [0.3, 0.4) is 0 Å². The molecule has 1 aliphatic rings.